The molecule has 0 amide bonds. The highest BCUT2D eigenvalue weighted by Gasteiger charge is 2.30. The number of hydrogen-bond donors (Lipinski definition) is 0. The van der Waals surface area contributed by atoms with Crippen molar-refractivity contribution in [2.75, 3.05) is 19.7 Å². The van der Waals surface area contributed by atoms with Crippen LogP contribution in [0.5, 0.6) is 0 Å². The fraction of sp³-hybridized carbons (Fsp3) is 0.737. The van der Waals surface area contributed by atoms with Gasteiger partial charge in [0.05, 0.1) is 12.5 Å². The molecule has 0 saturated carbocycles. The SMILES string of the molecule is C/C=C(C)/C=C\C[C@H](C(C)C)N1CCC(C(=O)OCC)CC1. The first-order valence-corrected chi connectivity index (χ1v) is 8.69. The number of likely N-dealkylation sites (tertiary alicyclic amines) is 1. The van der Waals surface area contributed by atoms with Gasteiger partial charge in [0.2, 0.25) is 0 Å². The van der Waals surface area contributed by atoms with Crippen molar-refractivity contribution in [3.8, 4) is 0 Å². The van der Waals surface area contributed by atoms with Gasteiger partial charge in [-0.3, -0.25) is 9.69 Å². The number of piperidine rings is 1. The van der Waals surface area contributed by atoms with Crippen LogP contribution in [0.3, 0.4) is 0 Å². The summed E-state index contributed by atoms with van der Waals surface area (Å²) in [5, 5.41) is 0. The van der Waals surface area contributed by atoms with Crippen molar-refractivity contribution in [2.24, 2.45) is 11.8 Å². The van der Waals surface area contributed by atoms with Crippen molar-refractivity contribution in [2.45, 2.75) is 59.9 Å². The number of carbonyl (C=O) groups is 1. The number of carbonyl (C=O) groups excluding carboxylic acids is 1. The first kappa shape index (κ1) is 19.0. The molecule has 0 spiro atoms. The van der Waals surface area contributed by atoms with E-state index in [9.17, 15) is 4.79 Å². The number of nitrogens with zero attached hydrogens (tertiary/aromatic N) is 1. The monoisotopic (exact) mass is 307 g/mol. The summed E-state index contributed by atoms with van der Waals surface area (Å²) < 4.78 is 5.15. The van der Waals surface area contributed by atoms with Gasteiger partial charge in [0, 0.05) is 6.04 Å². The Morgan fingerprint density at radius 1 is 1.32 bits per heavy atom. The minimum absolute atomic E-state index is 0.00755. The summed E-state index contributed by atoms with van der Waals surface area (Å²) in [6.45, 7) is 13.2. The lowest BCUT2D eigenvalue weighted by molar-refractivity contribution is -0.149. The van der Waals surface area contributed by atoms with E-state index in [2.05, 4.69) is 50.8 Å². The second kappa shape index (κ2) is 9.83. The number of ether oxygens (including phenoxy) is 1. The molecule has 1 heterocycles. The quantitative estimate of drug-likeness (QED) is 0.521. The zero-order chi connectivity index (χ0) is 16.5. The van der Waals surface area contributed by atoms with Crippen LogP contribution in [0.25, 0.3) is 0 Å². The van der Waals surface area contributed by atoms with Gasteiger partial charge in [-0.25, -0.2) is 0 Å². The molecule has 126 valence electrons. The predicted octanol–water partition coefficient (Wildman–Crippen LogP) is 4.20. The Labute approximate surface area is 136 Å². The van der Waals surface area contributed by atoms with Crippen LogP contribution >= 0.6 is 0 Å². The smallest absolute Gasteiger partial charge is 0.309 e. The van der Waals surface area contributed by atoms with Gasteiger partial charge in [0.25, 0.3) is 0 Å². The van der Waals surface area contributed by atoms with E-state index >= 15 is 0 Å². The Balaban J connectivity index is 2.53. The summed E-state index contributed by atoms with van der Waals surface area (Å²) in [4.78, 5) is 14.4. The highest BCUT2D eigenvalue weighted by Crippen LogP contribution is 2.24. The van der Waals surface area contributed by atoms with Gasteiger partial charge in [-0.1, -0.05) is 37.6 Å². The van der Waals surface area contributed by atoms with E-state index in [0.29, 0.717) is 18.6 Å². The number of rotatable bonds is 7. The van der Waals surface area contributed by atoms with Crippen LogP contribution in [-0.4, -0.2) is 36.6 Å². The third-order valence-electron chi connectivity index (χ3n) is 4.60. The second-order valence-electron chi connectivity index (χ2n) is 6.54. The van der Waals surface area contributed by atoms with Crippen molar-refractivity contribution in [1.29, 1.82) is 0 Å². The summed E-state index contributed by atoms with van der Waals surface area (Å²) in [5.74, 6) is 0.714. The van der Waals surface area contributed by atoms with Gasteiger partial charge in [-0.05, 0) is 59.0 Å². The van der Waals surface area contributed by atoms with Crippen molar-refractivity contribution >= 4 is 5.97 Å². The van der Waals surface area contributed by atoms with Crippen molar-refractivity contribution in [3.63, 3.8) is 0 Å². The van der Waals surface area contributed by atoms with E-state index < -0.39 is 0 Å². The van der Waals surface area contributed by atoms with Crippen LogP contribution in [0, 0.1) is 11.8 Å². The minimum Gasteiger partial charge on any atom is -0.466 e. The fourth-order valence-corrected chi connectivity index (χ4v) is 3.06. The van der Waals surface area contributed by atoms with E-state index in [-0.39, 0.29) is 11.9 Å². The average molecular weight is 307 g/mol. The molecule has 0 bridgehead atoms. The van der Waals surface area contributed by atoms with Gasteiger partial charge in [-0.2, -0.15) is 0 Å². The molecule has 3 nitrogen and oxygen atoms in total. The highest BCUT2D eigenvalue weighted by atomic mass is 16.5. The molecular weight excluding hydrogens is 274 g/mol. The van der Waals surface area contributed by atoms with E-state index in [1.807, 2.05) is 6.92 Å². The summed E-state index contributed by atoms with van der Waals surface area (Å²) >= 11 is 0. The molecule has 1 saturated heterocycles. The molecule has 3 heteroatoms. The van der Waals surface area contributed by atoms with Gasteiger partial charge < -0.3 is 4.74 Å². The summed E-state index contributed by atoms with van der Waals surface area (Å²) in [6, 6.07) is 0.559. The van der Waals surface area contributed by atoms with Crippen molar-refractivity contribution < 1.29 is 9.53 Å². The van der Waals surface area contributed by atoms with Crippen molar-refractivity contribution in [1.82, 2.24) is 4.90 Å². The van der Waals surface area contributed by atoms with Crippen LogP contribution in [0.4, 0.5) is 0 Å². The maximum Gasteiger partial charge on any atom is 0.309 e. The van der Waals surface area contributed by atoms with E-state index in [1.165, 1.54) is 5.57 Å². The van der Waals surface area contributed by atoms with Crippen LogP contribution in [0.1, 0.15) is 53.9 Å². The molecule has 1 aliphatic rings. The highest BCUT2D eigenvalue weighted by molar-refractivity contribution is 5.72. The molecule has 1 rings (SSSR count). The Morgan fingerprint density at radius 2 is 1.95 bits per heavy atom. The summed E-state index contributed by atoms with van der Waals surface area (Å²) in [6.07, 6.45) is 9.57. The molecule has 0 radical (unpaired) electrons. The minimum atomic E-state index is -0.00755. The third kappa shape index (κ3) is 5.96. The van der Waals surface area contributed by atoms with E-state index in [0.717, 1.165) is 32.4 Å². The lowest BCUT2D eigenvalue weighted by atomic mass is 9.91. The first-order chi connectivity index (χ1) is 10.5. The average Bonchev–Trinajstić information content (AvgIpc) is 2.51. The molecule has 0 aliphatic carbocycles. The molecule has 0 aromatic heterocycles. The maximum atomic E-state index is 11.8. The molecule has 0 unspecified atom stereocenters. The zero-order valence-electron chi connectivity index (χ0n) is 15.0. The Bertz CT molecular complexity index is 390. The summed E-state index contributed by atoms with van der Waals surface area (Å²) in [7, 11) is 0. The van der Waals surface area contributed by atoms with Gasteiger partial charge >= 0.3 is 5.97 Å². The normalized spacial score (nSPS) is 19.8. The number of allylic oxidation sites excluding steroid dienone is 3. The maximum absolute atomic E-state index is 11.8. The first-order valence-electron chi connectivity index (χ1n) is 8.69. The molecule has 0 aromatic rings. The van der Waals surface area contributed by atoms with Gasteiger partial charge in [0.15, 0.2) is 0 Å². The largest absolute Gasteiger partial charge is 0.466 e. The van der Waals surface area contributed by atoms with Crippen LogP contribution in [0.15, 0.2) is 23.8 Å². The number of esters is 1. The zero-order valence-corrected chi connectivity index (χ0v) is 15.0. The lowest BCUT2D eigenvalue weighted by Crippen LogP contribution is -2.45. The predicted molar refractivity (Wildman–Crippen MR) is 92.7 cm³/mol. The Morgan fingerprint density at radius 3 is 2.45 bits per heavy atom. The molecule has 1 aliphatic heterocycles. The van der Waals surface area contributed by atoms with E-state index in [4.69, 9.17) is 4.74 Å². The second-order valence-corrected chi connectivity index (χ2v) is 6.54. The fourth-order valence-electron chi connectivity index (χ4n) is 3.06. The topological polar surface area (TPSA) is 29.5 Å². The van der Waals surface area contributed by atoms with E-state index in [1.54, 1.807) is 0 Å². The van der Waals surface area contributed by atoms with Gasteiger partial charge in [0.1, 0.15) is 0 Å². The molecule has 22 heavy (non-hydrogen) atoms. The standard InChI is InChI=1S/C19H33NO2/c1-6-16(5)9-8-10-18(15(3)4)20-13-11-17(12-14-20)19(21)22-7-2/h6,8-9,15,17-18H,7,10-14H2,1-5H3/b9-8-,16-6+/t18-/m1/s1. The molecule has 1 fully saturated rings. The number of hydrogen-bond acceptors (Lipinski definition) is 3. The van der Waals surface area contributed by atoms with Gasteiger partial charge in [-0.15, -0.1) is 0 Å². The van der Waals surface area contributed by atoms with Crippen LogP contribution in [0.2, 0.25) is 0 Å². The Hall–Kier alpha value is -1.09. The van der Waals surface area contributed by atoms with Crippen LogP contribution in [-0.2, 0) is 9.53 Å². The molecular formula is C19H33NO2. The summed E-state index contributed by atoms with van der Waals surface area (Å²) in [5.41, 5.74) is 1.31. The van der Waals surface area contributed by atoms with Crippen molar-refractivity contribution in [3.05, 3.63) is 23.8 Å². The lowest BCUT2D eigenvalue weighted by Gasteiger charge is -2.38. The molecule has 0 aromatic carbocycles. The third-order valence-corrected chi connectivity index (χ3v) is 4.60. The molecule has 1 atom stereocenters. The Kier molecular flexibility index (Phi) is 8.47. The van der Waals surface area contributed by atoms with Crippen LogP contribution < -0.4 is 0 Å². The molecule has 0 N–H and O–H groups in total.